The number of carbonyl (C=O) groups excluding carboxylic acids is 2. The van der Waals surface area contributed by atoms with Crippen LogP contribution in [0.2, 0.25) is 0 Å². The Bertz CT molecular complexity index is 1360. The maximum absolute atomic E-state index is 15.1. The predicted molar refractivity (Wildman–Crippen MR) is 130 cm³/mol. The third kappa shape index (κ3) is 3.42. The molecule has 8 heteroatoms. The summed E-state index contributed by atoms with van der Waals surface area (Å²) in [6.45, 7) is 3.51. The van der Waals surface area contributed by atoms with Gasteiger partial charge in [-0.2, -0.15) is 0 Å². The van der Waals surface area contributed by atoms with Crippen LogP contribution in [0.5, 0.6) is 5.75 Å². The Kier molecular flexibility index (Phi) is 5.70. The van der Waals surface area contributed by atoms with Gasteiger partial charge in [-0.15, -0.1) is 12.4 Å². The summed E-state index contributed by atoms with van der Waals surface area (Å²) in [5.41, 5.74) is 2.83. The Morgan fingerprint density at radius 1 is 1.09 bits per heavy atom. The van der Waals surface area contributed by atoms with E-state index in [1.807, 2.05) is 30.5 Å². The number of rotatable bonds is 3. The molecule has 0 bridgehead atoms. The van der Waals surface area contributed by atoms with Crippen LogP contribution in [0.3, 0.4) is 0 Å². The van der Waals surface area contributed by atoms with Gasteiger partial charge in [0.15, 0.2) is 0 Å². The molecule has 1 fully saturated rings. The number of hydrogen-bond donors (Lipinski definition) is 2. The summed E-state index contributed by atoms with van der Waals surface area (Å²) in [7, 11) is 0. The average Bonchev–Trinajstić information content (AvgIpc) is 3.49. The number of benzene rings is 2. The van der Waals surface area contributed by atoms with Gasteiger partial charge < -0.3 is 14.6 Å². The van der Waals surface area contributed by atoms with E-state index in [2.05, 4.69) is 22.1 Å². The molecule has 0 radical (unpaired) electrons. The van der Waals surface area contributed by atoms with Gasteiger partial charge in [0.05, 0.1) is 23.3 Å². The molecule has 3 aliphatic rings. The Balaban J connectivity index is 0.00000241. The van der Waals surface area contributed by atoms with Crippen molar-refractivity contribution in [3.05, 3.63) is 65.1 Å². The average molecular weight is 482 g/mol. The van der Waals surface area contributed by atoms with Gasteiger partial charge in [0, 0.05) is 41.2 Å². The topological polar surface area (TPSA) is 72.4 Å². The van der Waals surface area contributed by atoms with Crippen LogP contribution in [0.1, 0.15) is 42.5 Å². The Morgan fingerprint density at radius 3 is 2.71 bits per heavy atom. The Hall–Kier alpha value is -3.16. The SMILES string of the molecule is CC1CC(n2cc(C3=C(c4c(F)ccc5c4OCC5)C(=O)NC3=O)c3ccccc32)CCN1.Cl. The first kappa shape index (κ1) is 22.6. The van der Waals surface area contributed by atoms with Gasteiger partial charge in [0.25, 0.3) is 11.8 Å². The van der Waals surface area contributed by atoms with Crippen molar-refractivity contribution in [3.8, 4) is 5.75 Å². The van der Waals surface area contributed by atoms with E-state index in [0.29, 0.717) is 30.4 Å². The first-order chi connectivity index (χ1) is 16.0. The molecule has 0 aliphatic carbocycles. The molecule has 0 saturated carbocycles. The highest BCUT2D eigenvalue weighted by Gasteiger charge is 2.38. The van der Waals surface area contributed by atoms with Crippen molar-refractivity contribution in [1.82, 2.24) is 15.2 Å². The van der Waals surface area contributed by atoms with Gasteiger partial charge in [0.1, 0.15) is 11.6 Å². The minimum absolute atomic E-state index is 0. The van der Waals surface area contributed by atoms with E-state index in [9.17, 15) is 9.59 Å². The zero-order valence-electron chi connectivity index (χ0n) is 18.7. The standard InChI is InChI=1S/C26H24FN3O3.ClH/c1-14-12-16(8-10-28-14)30-13-18(17-4-2-3-5-20(17)30)21-23(26(32)29-25(21)31)22-19(27)7-6-15-9-11-33-24(15)22;/h2-7,13-14,16,28H,8-12H2,1H3,(H,29,31,32);1H. The number of imide groups is 1. The molecule has 3 aromatic rings. The zero-order valence-corrected chi connectivity index (χ0v) is 19.5. The van der Waals surface area contributed by atoms with Crippen LogP contribution < -0.4 is 15.4 Å². The second-order valence-electron chi connectivity index (χ2n) is 9.04. The lowest BCUT2D eigenvalue weighted by Gasteiger charge is -2.29. The number of piperidine rings is 1. The molecule has 34 heavy (non-hydrogen) atoms. The van der Waals surface area contributed by atoms with Crippen molar-refractivity contribution >= 4 is 46.3 Å². The third-order valence-electron chi connectivity index (χ3n) is 6.99. The first-order valence-electron chi connectivity index (χ1n) is 11.4. The number of aromatic nitrogens is 1. The lowest BCUT2D eigenvalue weighted by molar-refractivity contribution is -0.122. The zero-order chi connectivity index (χ0) is 22.7. The number of fused-ring (bicyclic) bond motifs is 2. The second-order valence-corrected chi connectivity index (χ2v) is 9.04. The molecule has 2 unspecified atom stereocenters. The molecule has 6 nitrogen and oxygen atoms in total. The summed E-state index contributed by atoms with van der Waals surface area (Å²) in [6.07, 6.45) is 4.54. The van der Waals surface area contributed by atoms with E-state index in [-0.39, 0.29) is 35.2 Å². The summed E-state index contributed by atoms with van der Waals surface area (Å²) >= 11 is 0. The third-order valence-corrected chi connectivity index (χ3v) is 6.99. The van der Waals surface area contributed by atoms with Gasteiger partial charge in [-0.1, -0.05) is 24.3 Å². The van der Waals surface area contributed by atoms with E-state index < -0.39 is 17.6 Å². The van der Waals surface area contributed by atoms with Crippen LogP contribution in [0.4, 0.5) is 4.39 Å². The van der Waals surface area contributed by atoms with Crippen LogP contribution in [0, 0.1) is 5.82 Å². The Labute approximate surface area is 202 Å². The molecule has 0 spiro atoms. The van der Waals surface area contributed by atoms with Gasteiger partial charge in [-0.3, -0.25) is 14.9 Å². The van der Waals surface area contributed by atoms with Crippen molar-refractivity contribution < 1.29 is 18.7 Å². The van der Waals surface area contributed by atoms with Gasteiger partial charge in [-0.05, 0) is 44.0 Å². The summed E-state index contributed by atoms with van der Waals surface area (Å²) in [6, 6.07) is 11.6. The number of amides is 2. The highest BCUT2D eigenvalue weighted by atomic mass is 35.5. The molecule has 2 aromatic carbocycles. The van der Waals surface area contributed by atoms with Crippen LogP contribution in [-0.2, 0) is 16.0 Å². The Morgan fingerprint density at radius 2 is 1.88 bits per heavy atom. The largest absolute Gasteiger partial charge is 0.492 e. The molecule has 1 aromatic heterocycles. The molecule has 3 aliphatic heterocycles. The molecule has 1 saturated heterocycles. The maximum atomic E-state index is 15.1. The second kappa shape index (κ2) is 8.56. The lowest BCUT2D eigenvalue weighted by atomic mass is 9.93. The van der Waals surface area contributed by atoms with Crippen molar-refractivity contribution in [2.24, 2.45) is 0 Å². The molecular formula is C26H25ClFN3O3. The van der Waals surface area contributed by atoms with Crippen LogP contribution in [0.15, 0.2) is 42.6 Å². The van der Waals surface area contributed by atoms with Crippen LogP contribution >= 0.6 is 12.4 Å². The van der Waals surface area contributed by atoms with E-state index in [1.54, 1.807) is 6.07 Å². The normalized spacial score (nSPS) is 21.9. The number of para-hydroxylation sites is 1. The number of hydrogen-bond acceptors (Lipinski definition) is 4. The van der Waals surface area contributed by atoms with Crippen molar-refractivity contribution in [3.63, 3.8) is 0 Å². The number of halogens is 2. The summed E-state index contributed by atoms with van der Waals surface area (Å²) in [4.78, 5) is 26.1. The molecular weight excluding hydrogens is 457 g/mol. The molecule has 2 N–H and O–H groups in total. The van der Waals surface area contributed by atoms with E-state index >= 15 is 4.39 Å². The minimum atomic E-state index is -0.592. The predicted octanol–water partition coefficient (Wildman–Crippen LogP) is 4.02. The molecule has 2 atom stereocenters. The monoisotopic (exact) mass is 481 g/mol. The highest BCUT2D eigenvalue weighted by molar-refractivity contribution is 6.50. The lowest BCUT2D eigenvalue weighted by Crippen LogP contribution is -2.36. The summed E-state index contributed by atoms with van der Waals surface area (Å²) in [5.74, 6) is -1.30. The molecule has 6 rings (SSSR count). The van der Waals surface area contributed by atoms with Crippen LogP contribution in [0.25, 0.3) is 22.0 Å². The van der Waals surface area contributed by atoms with Gasteiger partial charge in [-0.25, -0.2) is 4.39 Å². The van der Waals surface area contributed by atoms with Gasteiger partial charge >= 0.3 is 0 Å². The number of ether oxygens (including phenoxy) is 1. The van der Waals surface area contributed by atoms with Crippen molar-refractivity contribution in [2.45, 2.75) is 38.3 Å². The van der Waals surface area contributed by atoms with E-state index in [4.69, 9.17) is 4.74 Å². The smallest absolute Gasteiger partial charge is 0.259 e. The quantitative estimate of drug-likeness (QED) is 0.554. The van der Waals surface area contributed by atoms with Crippen LogP contribution in [-0.4, -0.2) is 35.6 Å². The van der Waals surface area contributed by atoms with E-state index in [0.717, 1.165) is 35.9 Å². The van der Waals surface area contributed by atoms with Gasteiger partial charge in [0.2, 0.25) is 0 Å². The van der Waals surface area contributed by atoms with E-state index in [1.165, 1.54) is 6.07 Å². The fourth-order valence-corrected chi connectivity index (χ4v) is 5.47. The first-order valence-corrected chi connectivity index (χ1v) is 11.4. The number of nitrogens with one attached hydrogen (secondary N) is 2. The molecule has 2 amide bonds. The number of nitrogens with zero attached hydrogens (tertiary/aromatic N) is 1. The fourth-order valence-electron chi connectivity index (χ4n) is 5.47. The van der Waals surface area contributed by atoms with Crippen molar-refractivity contribution in [2.75, 3.05) is 13.2 Å². The molecule has 4 heterocycles. The molecule has 176 valence electrons. The minimum Gasteiger partial charge on any atom is -0.492 e. The summed E-state index contributed by atoms with van der Waals surface area (Å²) in [5, 5.41) is 6.75. The maximum Gasteiger partial charge on any atom is 0.259 e. The van der Waals surface area contributed by atoms with Crippen molar-refractivity contribution in [1.29, 1.82) is 0 Å². The summed E-state index contributed by atoms with van der Waals surface area (Å²) < 4.78 is 23.0. The fraction of sp³-hybridized carbons (Fsp3) is 0.308. The highest BCUT2D eigenvalue weighted by Crippen LogP contribution is 2.43. The number of carbonyl (C=O) groups is 2.